The molecule has 0 fully saturated rings. The molecule has 2 rings (SSSR count). The topological polar surface area (TPSA) is 63.2 Å². The van der Waals surface area contributed by atoms with E-state index < -0.39 is 0 Å². The molecule has 0 bridgehead atoms. The Morgan fingerprint density at radius 3 is 2.29 bits per heavy atom. The van der Waals surface area contributed by atoms with Crippen LogP contribution in [-0.2, 0) is 0 Å². The minimum Gasteiger partial charge on any atom is -0.497 e. The van der Waals surface area contributed by atoms with Gasteiger partial charge in [-0.3, -0.25) is 20.6 Å². The highest BCUT2D eigenvalue weighted by Crippen LogP contribution is 2.16. The first kappa shape index (κ1) is 14.6. The van der Waals surface area contributed by atoms with Crippen molar-refractivity contribution in [1.82, 2.24) is 15.8 Å². The number of nitrogens with zero attached hydrogens (tertiary/aromatic N) is 1. The van der Waals surface area contributed by atoms with Gasteiger partial charge in [0.1, 0.15) is 5.75 Å². The molecule has 1 aromatic carbocycles. The van der Waals surface area contributed by atoms with Gasteiger partial charge in [-0.25, -0.2) is 0 Å². The highest BCUT2D eigenvalue weighted by atomic mass is 16.5. The number of carbonyl (C=O) groups excluding carboxylic acids is 1. The van der Waals surface area contributed by atoms with E-state index in [1.165, 1.54) is 0 Å². The monoisotopic (exact) mass is 283 g/mol. The molecule has 5 heteroatoms. The van der Waals surface area contributed by atoms with E-state index >= 15 is 0 Å². The zero-order chi connectivity index (χ0) is 15.1. The van der Waals surface area contributed by atoms with Crippen LogP contribution in [0.5, 0.6) is 5.75 Å². The molecule has 0 aliphatic heterocycles. The van der Waals surface area contributed by atoms with Crippen molar-refractivity contribution in [2.24, 2.45) is 0 Å². The normalized spacial score (nSPS) is 10.9. The lowest BCUT2D eigenvalue weighted by atomic mass is 10.1. The number of ether oxygens (including phenoxy) is 1. The third-order valence-electron chi connectivity index (χ3n) is 2.94. The number of hydrogen-bond donors (Lipinski definition) is 2. The molecule has 2 aromatic rings. The van der Waals surface area contributed by atoms with Crippen molar-refractivity contribution in [2.45, 2.75) is 6.92 Å². The van der Waals surface area contributed by atoms with Crippen molar-refractivity contribution in [3.8, 4) is 5.75 Å². The predicted octanol–water partition coefficient (Wildman–Crippen LogP) is 2.39. The van der Waals surface area contributed by atoms with Gasteiger partial charge >= 0.3 is 0 Å². The zero-order valence-electron chi connectivity index (χ0n) is 12.0. The summed E-state index contributed by atoms with van der Waals surface area (Å²) in [5.74, 6) is 0.570. The summed E-state index contributed by atoms with van der Waals surface area (Å²) in [5.41, 5.74) is 7.88. The number of hydrogen-bond acceptors (Lipinski definition) is 4. The van der Waals surface area contributed by atoms with Gasteiger partial charge in [0.2, 0.25) is 0 Å². The molecule has 0 aliphatic carbocycles. The molecule has 2 N–H and O–H groups in total. The first-order chi connectivity index (χ1) is 10.2. The number of aromatic nitrogens is 1. The Morgan fingerprint density at radius 2 is 1.71 bits per heavy atom. The summed E-state index contributed by atoms with van der Waals surface area (Å²) in [7, 11) is 1.62. The number of nitrogens with one attached hydrogen (secondary N) is 2. The Kier molecular flexibility index (Phi) is 4.93. The Balaban J connectivity index is 2.01. The molecule has 1 heterocycles. The van der Waals surface area contributed by atoms with Gasteiger partial charge in [0, 0.05) is 18.0 Å². The first-order valence-corrected chi connectivity index (χ1v) is 6.51. The van der Waals surface area contributed by atoms with Crippen LogP contribution in [0.3, 0.4) is 0 Å². The SMILES string of the molecule is C/C=C(/NNC(=O)c1ccncc1)c1ccc(OC)cc1. The van der Waals surface area contributed by atoms with Crippen molar-refractivity contribution in [3.63, 3.8) is 0 Å². The predicted molar refractivity (Wildman–Crippen MR) is 81.5 cm³/mol. The number of amides is 1. The van der Waals surface area contributed by atoms with Crippen LogP contribution in [0.15, 0.2) is 54.9 Å². The number of rotatable bonds is 5. The molecule has 21 heavy (non-hydrogen) atoms. The lowest BCUT2D eigenvalue weighted by Crippen LogP contribution is -2.36. The second-order valence-corrected chi connectivity index (χ2v) is 4.25. The van der Waals surface area contributed by atoms with Crippen LogP contribution >= 0.6 is 0 Å². The summed E-state index contributed by atoms with van der Waals surface area (Å²) in [4.78, 5) is 15.8. The van der Waals surface area contributed by atoms with Gasteiger partial charge < -0.3 is 4.74 Å². The van der Waals surface area contributed by atoms with E-state index in [0.717, 1.165) is 17.0 Å². The maximum Gasteiger partial charge on any atom is 0.269 e. The Bertz CT molecular complexity index is 622. The minimum absolute atomic E-state index is 0.217. The number of carbonyl (C=O) groups is 1. The van der Waals surface area contributed by atoms with Crippen molar-refractivity contribution >= 4 is 11.6 Å². The number of benzene rings is 1. The zero-order valence-corrected chi connectivity index (χ0v) is 12.0. The van der Waals surface area contributed by atoms with Crippen LogP contribution < -0.4 is 15.6 Å². The summed E-state index contributed by atoms with van der Waals surface area (Å²) in [6.45, 7) is 1.89. The second-order valence-electron chi connectivity index (χ2n) is 4.25. The summed E-state index contributed by atoms with van der Waals surface area (Å²) < 4.78 is 5.12. The van der Waals surface area contributed by atoms with Gasteiger partial charge in [0.25, 0.3) is 5.91 Å². The molecule has 0 saturated heterocycles. The number of hydrazine groups is 1. The van der Waals surface area contributed by atoms with Gasteiger partial charge in [-0.15, -0.1) is 0 Å². The van der Waals surface area contributed by atoms with E-state index in [2.05, 4.69) is 15.8 Å². The highest BCUT2D eigenvalue weighted by molar-refractivity contribution is 5.94. The van der Waals surface area contributed by atoms with Gasteiger partial charge in [-0.05, 0) is 48.9 Å². The third kappa shape index (κ3) is 3.82. The summed E-state index contributed by atoms with van der Waals surface area (Å²) >= 11 is 0. The number of methoxy groups -OCH3 is 1. The molecular formula is C16H17N3O2. The number of pyridine rings is 1. The molecule has 1 amide bonds. The van der Waals surface area contributed by atoms with Gasteiger partial charge in [-0.1, -0.05) is 6.08 Å². The van der Waals surface area contributed by atoms with Crippen LogP contribution in [0, 0.1) is 0 Å². The molecular weight excluding hydrogens is 266 g/mol. The van der Waals surface area contributed by atoms with Crippen molar-refractivity contribution in [3.05, 3.63) is 66.0 Å². The average Bonchev–Trinajstić information content (AvgIpc) is 2.56. The van der Waals surface area contributed by atoms with Crippen molar-refractivity contribution in [1.29, 1.82) is 0 Å². The Labute approximate surface area is 123 Å². The van der Waals surface area contributed by atoms with E-state index in [-0.39, 0.29) is 5.91 Å². The van der Waals surface area contributed by atoms with E-state index in [1.807, 2.05) is 37.3 Å². The van der Waals surface area contributed by atoms with Crippen LogP contribution in [0.1, 0.15) is 22.8 Å². The van der Waals surface area contributed by atoms with E-state index in [4.69, 9.17) is 4.74 Å². The second kappa shape index (κ2) is 7.09. The summed E-state index contributed by atoms with van der Waals surface area (Å²) in [6, 6.07) is 10.9. The van der Waals surface area contributed by atoms with Crippen LogP contribution in [0.4, 0.5) is 0 Å². The largest absolute Gasteiger partial charge is 0.497 e. The van der Waals surface area contributed by atoms with Gasteiger partial charge in [0.05, 0.1) is 12.8 Å². The Morgan fingerprint density at radius 1 is 1.05 bits per heavy atom. The average molecular weight is 283 g/mol. The van der Waals surface area contributed by atoms with E-state index in [9.17, 15) is 4.79 Å². The van der Waals surface area contributed by atoms with Crippen LogP contribution in [0.25, 0.3) is 5.70 Å². The molecule has 108 valence electrons. The molecule has 5 nitrogen and oxygen atoms in total. The minimum atomic E-state index is -0.217. The molecule has 0 radical (unpaired) electrons. The molecule has 0 saturated carbocycles. The first-order valence-electron chi connectivity index (χ1n) is 6.51. The summed E-state index contributed by atoms with van der Waals surface area (Å²) in [6.07, 6.45) is 5.04. The standard InChI is InChI=1S/C16H17N3O2/c1-3-15(12-4-6-14(21-2)7-5-12)18-19-16(20)13-8-10-17-11-9-13/h3-11,18H,1-2H3,(H,19,20)/b15-3+. The maximum absolute atomic E-state index is 11.9. The van der Waals surface area contributed by atoms with Crippen LogP contribution in [-0.4, -0.2) is 18.0 Å². The lowest BCUT2D eigenvalue weighted by molar-refractivity contribution is 0.0942. The molecule has 0 atom stereocenters. The molecule has 1 aromatic heterocycles. The quantitative estimate of drug-likeness (QED) is 0.827. The van der Waals surface area contributed by atoms with Crippen molar-refractivity contribution < 1.29 is 9.53 Å². The fourth-order valence-corrected chi connectivity index (χ4v) is 1.78. The van der Waals surface area contributed by atoms with Crippen LogP contribution in [0.2, 0.25) is 0 Å². The van der Waals surface area contributed by atoms with Crippen molar-refractivity contribution in [2.75, 3.05) is 7.11 Å². The fraction of sp³-hybridized carbons (Fsp3) is 0.125. The highest BCUT2D eigenvalue weighted by Gasteiger charge is 2.06. The van der Waals surface area contributed by atoms with E-state index in [0.29, 0.717) is 5.56 Å². The fourth-order valence-electron chi connectivity index (χ4n) is 1.78. The van der Waals surface area contributed by atoms with E-state index in [1.54, 1.807) is 31.6 Å². The molecule has 0 unspecified atom stereocenters. The van der Waals surface area contributed by atoms with Gasteiger partial charge in [0.15, 0.2) is 0 Å². The number of allylic oxidation sites excluding steroid dienone is 1. The smallest absolute Gasteiger partial charge is 0.269 e. The Hall–Kier alpha value is -2.82. The molecule has 0 aliphatic rings. The third-order valence-corrected chi connectivity index (χ3v) is 2.94. The lowest BCUT2D eigenvalue weighted by Gasteiger charge is -2.12. The molecule has 0 spiro atoms. The summed E-state index contributed by atoms with van der Waals surface area (Å²) in [5, 5.41) is 0. The van der Waals surface area contributed by atoms with Gasteiger partial charge in [-0.2, -0.15) is 0 Å². The maximum atomic E-state index is 11.9.